The average molecular weight is 275 g/mol. The van der Waals surface area contributed by atoms with Gasteiger partial charge in [-0.15, -0.1) is 0 Å². The van der Waals surface area contributed by atoms with E-state index in [2.05, 4.69) is 9.36 Å². The van der Waals surface area contributed by atoms with E-state index in [0.717, 1.165) is 0 Å². The molecule has 0 aromatic heterocycles. The van der Waals surface area contributed by atoms with Crippen LogP contribution in [0.3, 0.4) is 0 Å². The van der Waals surface area contributed by atoms with Gasteiger partial charge in [0.05, 0.1) is 6.61 Å². The van der Waals surface area contributed by atoms with Crippen molar-refractivity contribution in [3.63, 3.8) is 0 Å². The molecule has 1 saturated heterocycles. The molecule has 0 unspecified atom stereocenters. The molecule has 1 aliphatic heterocycles. The van der Waals surface area contributed by atoms with Crippen LogP contribution < -0.4 is 5.90 Å². The zero-order valence-electron chi connectivity index (χ0n) is 8.49. The third kappa shape index (κ3) is 3.66. The summed E-state index contributed by atoms with van der Waals surface area (Å²) in [7, 11) is -4.93. The third-order valence-electron chi connectivity index (χ3n) is 2.22. The number of ether oxygens (including phenoxy) is 1. The van der Waals surface area contributed by atoms with Gasteiger partial charge in [-0.1, -0.05) is 0 Å². The molecular formula is C6H14NO9P. The molecule has 0 saturated carbocycles. The molecule has 0 aliphatic carbocycles. The second kappa shape index (κ2) is 5.67. The molecule has 11 heteroatoms. The van der Waals surface area contributed by atoms with Gasteiger partial charge in [-0.3, -0.25) is 9.36 Å². The molecule has 0 radical (unpaired) electrons. The van der Waals surface area contributed by atoms with Crippen molar-refractivity contribution in [1.82, 2.24) is 0 Å². The minimum atomic E-state index is -4.93. The molecule has 0 bridgehead atoms. The van der Waals surface area contributed by atoms with Crippen LogP contribution in [0.5, 0.6) is 0 Å². The van der Waals surface area contributed by atoms with E-state index in [4.69, 9.17) is 25.5 Å². The van der Waals surface area contributed by atoms with Crippen LogP contribution in [-0.4, -0.2) is 62.4 Å². The summed E-state index contributed by atoms with van der Waals surface area (Å²) in [6.45, 7) is -0.638. The fourth-order valence-corrected chi connectivity index (χ4v) is 1.98. The van der Waals surface area contributed by atoms with Crippen molar-refractivity contribution in [3.8, 4) is 0 Å². The molecule has 1 heterocycles. The van der Waals surface area contributed by atoms with E-state index in [-0.39, 0.29) is 0 Å². The standard InChI is InChI=1S/C6H14NO9P/c7-15-6-5(16-17(11,12)13)4(10)3(9)2(1-8)14-6/h2-6,8-10H,1,7H2,(H2,11,12,13)/t2-,3-,4+,5-,6-/m1/s1. The van der Waals surface area contributed by atoms with Crippen LogP contribution in [0.2, 0.25) is 0 Å². The first-order valence-electron chi connectivity index (χ1n) is 4.52. The maximum absolute atomic E-state index is 10.6. The first-order valence-corrected chi connectivity index (χ1v) is 6.05. The highest BCUT2D eigenvalue weighted by Gasteiger charge is 2.48. The molecular weight excluding hydrogens is 261 g/mol. The molecule has 1 fully saturated rings. The fraction of sp³-hybridized carbons (Fsp3) is 1.00. The Morgan fingerprint density at radius 1 is 1.29 bits per heavy atom. The first-order chi connectivity index (χ1) is 7.80. The largest absolute Gasteiger partial charge is 0.470 e. The van der Waals surface area contributed by atoms with Crippen LogP contribution in [0.1, 0.15) is 0 Å². The van der Waals surface area contributed by atoms with Gasteiger partial charge in [0, 0.05) is 0 Å². The lowest BCUT2D eigenvalue weighted by Crippen LogP contribution is -2.60. The number of aliphatic hydroxyl groups is 3. The number of hydrogen-bond donors (Lipinski definition) is 6. The number of rotatable bonds is 4. The Morgan fingerprint density at radius 3 is 2.29 bits per heavy atom. The van der Waals surface area contributed by atoms with Gasteiger partial charge in [0.2, 0.25) is 6.29 Å². The lowest BCUT2D eigenvalue weighted by atomic mass is 9.99. The van der Waals surface area contributed by atoms with Crippen LogP contribution in [0.25, 0.3) is 0 Å². The Kier molecular flexibility index (Phi) is 4.98. The summed E-state index contributed by atoms with van der Waals surface area (Å²) in [5, 5.41) is 27.8. The van der Waals surface area contributed by atoms with Gasteiger partial charge in [-0.2, -0.15) is 0 Å². The molecule has 0 aromatic carbocycles. The normalized spacial score (nSPS) is 39.3. The predicted molar refractivity (Wildman–Crippen MR) is 49.9 cm³/mol. The maximum atomic E-state index is 10.6. The molecule has 0 aromatic rings. The molecule has 1 rings (SSSR count). The summed E-state index contributed by atoms with van der Waals surface area (Å²) >= 11 is 0. The van der Waals surface area contributed by atoms with Gasteiger partial charge < -0.3 is 29.8 Å². The molecule has 0 amide bonds. The molecule has 10 nitrogen and oxygen atoms in total. The lowest BCUT2D eigenvalue weighted by Gasteiger charge is -2.40. The van der Waals surface area contributed by atoms with Gasteiger partial charge in [0.15, 0.2) is 6.10 Å². The third-order valence-corrected chi connectivity index (χ3v) is 2.74. The summed E-state index contributed by atoms with van der Waals surface area (Å²) in [5.74, 6) is 4.80. The molecule has 0 spiro atoms. The Labute approximate surface area is 95.7 Å². The van der Waals surface area contributed by atoms with Crippen molar-refractivity contribution < 1.29 is 43.8 Å². The summed E-state index contributed by atoms with van der Waals surface area (Å²) in [6, 6.07) is 0. The van der Waals surface area contributed by atoms with Crippen LogP contribution in [0, 0.1) is 0 Å². The number of phosphoric ester groups is 1. The minimum absolute atomic E-state index is 0.638. The second-order valence-electron chi connectivity index (χ2n) is 3.40. The number of aliphatic hydroxyl groups excluding tert-OH is 3. The van der Waals surface area contributed by atoms with Gasteiger partial charge in [0.1, 0.15) is 18.3 Å². The molecule has 1 aliphatic rings. The summed E-state index contributed by atoms with van der Waals surface area (Å²) < 4.78 is 19.7. The average Bonchev–Trinajstić information content (AvgIpc) is 2.24. The van der Waals surface area contributed by atoms with Gasteiger partial charge in [0.25, 0.3) is 0 Å². The Hall–Kier alpha value is -0.130. The summed E-state index contributed by atoms with van der Waals surface area (Å²) in [6.07, 6.45) is -7.74. The smallest absolute Gasteiger partial charge is 0.394 e. The van der Waals surface area contributed by atoms with E-state index < -0.39 is 45.1 Å². The Bertz CT molecular complexity index is 293. The fourth-order valence-electron chi connectivity index (χ4n) is 1.44. The monoisotopic (exact) mass is 275 g/mol. The Morgan fingerprint density at radius 2 is 1.88 bits per heavy atom. The van der Waals surface area contributed by atoms with E-state index in [1.165, 1.54) is 0 Å². The SMILES string of the molecule is NO[C@H]1O[C@H](CO)[C@@H](O)[C@H](O)[C@H]1OP(=O)(O)O. The lowest BCUT2D eigenvalue weighted by molar-refractivity contribution is -0.299. The van der Waals surface area contributed by atoms with Gasteiger partial charge in [-0.25, -0.2) is 10.5 Å². The van der Waals surface area contributed by atoms with E-state index in [1.54, 1.807) is 0 Å². The van der Waals surface area contributed by atoms with E-state index in [0.29, 0.717) is 0 Å². The van der Waals surface area contributed by atoms with Crippen LogP contribution in [0.4, 0.5) is 0 Å². The van der Waals surface area contributed by atoms with Crippen LogP contribution in [0.15, 0.2) is 0 Å². The number of nitrogens with two attached hydrogens (primary N) is 1. The molecule has 7 N–H and O–H groups in total. The minimum Gasteiger partial charge on any atom is -0.394 e. The maximum Gasteiger partial charge on any atom is 0.470 e. The molecule has 102 valence electrons. The topological polar surface area (TPSA) is 172 Å². The van der Waals surface area contributed by atoms with Crippen molar-refractivity contribution in [3.05, 3.63) is 0 Å². The van der Waals surface area contributed by atoms with E-state index in [1.807, 2.05) is 0 Å². The van der Waals surface area contributed by atoms with Crippen molar-refractivity contribution >= 4 is 7.82 Å². The first kappa shape index (κ1) is 14.9. The summed E-state index contributed by atoms with van der Waals surface area (Å²) in [4.78, 5) is 21.4. The molecule has 5 atom stereocenters. The predicted octanol–water partition coefficient (Wildman–Crippen LogP) is -3.21. The second-order valence-corrected chi connectivity index (χ2v) is 4.60. The van der Waals surface area contributed by atoms with E-state index >= 15 is 0 Å². The van der Waals surface area contributed by atoms with Crippen molar-refractivity contribution in [1.29, 1.82) is 0 Å². The van der Waals surface area contributed by atoms with Crippen molar-refractivity contribution in [2.75, 3.05) is 6.61 Å². The highest BCUT2D eigenvalue weighted by molar-refractivity contribution is 7.46. The van der Waals surface area contributed by atoms with Gasteiger partial charge in [-0.05, 0) is 0 Å². The highest BCUT2D eigenvalue weighted by atomic mass is 31.2. The number of phosphoric acid groups is 1. The van der Waals surface area contributed by atoms with E-state index in [9.17, 15) is 14.8 Å². The zero-order chi connectivity index (χ0) is 13.2. The van der Waals surface area contributed by atoms with Crippen molar-refractivity contribution in [2.45, 2.75) is 30.7 Å². The summed E-state index contributed by atoms with van der Waals surface area (Å²) in [5.41, 5.74) is 0. The zero-order valence-corrected chi connectivity index (χ0v) is 9.38. The Balaban J connectivity index is 2.83. The molecule has 17 heavy (non-hydrogen) atoms. The highest BCUT2D eigenvalue weighted by Crippen LogP contribution is 2.41. The van der Waals surface area contributed by atoms with Crippen molar-refractivity contribution in [2.24, 2.45) is 5.90 Å². The van der Waals surface area contributed by atoms with Gasteiger partial charge >= 0.3 is 7.82 Å². The van der Waals surface area contributed by atoms with Crippen LogP contribution >= 0.6 is 7.82 Å². The quantitative estimate of drug-likeness (QED) is 0.226. The van der Waals surface area contributed by atoms with Crippen LogP contribution in [-0.2, 0) is 18.7 Å². The number of hydrogen-bond acceptors (Lipinski definition) is 8.